The van der Waals surface area contributed by atoms with Crippen molar-refractivity contribution in [2.24, 2.45) is 0 Å². The van der Waals surface area contributed by atoms with Crippen molar-refractivity contribution in [3.63, 3.8) is 0 Å². The maximum Gasteiger partial charge on any atom is 0.418 e. The summed E-state index contributed by atoms with van der Waals surface area (Å²) in [7, 11) is 0. The van der Waals surface area contributed by atoms with E-state index in [0.717, 1.165) is 6.07 Å². The molecule has 0 bridgehead atoms. The average Bonchev–Trinajstić information content (AvgIpc) is 3.30. The second kappa shape index (κ2) is 9.06. The van der Waals surface area contributed by atoms with Gasteiger partial charge in [0.2, 0.25) is 0 Å². The lowest BCUT2D eigenvalue weighted by Crippen LogP contribution is -2.30. The van der Waals surface area contributed by atoms with E-state index < -0.39 is 17.6 Å². The summed E-state index contributed by atoms with van der Waals surface area (Å²) in [5.74, 6) is 0.541. The van der Waals surface area contributed by atoms with Crippen molar-refractivity contribution in [3.05, 3.63) is 65.9 Å². The zero-order valence-corrected chi connectivity index (χ0v) is 19.4. The van der Waals surface area contributed by atoms with Crippen molar-refractivity contribution in [2.75, 3.05) is 18.6 Å². The molecule has 1 aliphatic heterocycles. The van der Waals surface area contributed by atoms with E-state index in [1.807, 2.05) is 13.8 Å². The number of benzene rings is 2. The van der Waals surface area contributed by atoms with E-state index in [4.69, 9.17) is 14.5 Å². The molecule has 8 nitrogen and oxygen atoms in total. The molecule has 2 N–H and O–H groups in total. The summed E-state index contributed by atoms with van der Waals surface area (Å²) in [4.78, 5) is 18.0. The van der Waals surface area contributed by atoms with Crippen LogP contribution in [0.1, 0.15) is 35.8 Å². The summed E-state index contributed by atoms with van der Waals surface area (Å²) in [6.07, 6.45) is -3.06. The lowest BCUT2D eigenvalue weighted by atomic mass is 10.1. The first-order valence-electron chi connectivity index (χ1n) is 11.2. The van der Waals surface area contributed by atoms with Crippen LogP contribution in [0.15, 0.2) is 54.7 Å². The van der Waals surface area contributed by atoms with Crippen LogP contribution in [-0.2, 0) is 6.18 Å². The molecule has 0 radical (unpaired) electrons. The molecule has 0 saturated carbocycles. The molecule has 36 heavy (non-hydrogen) atoms. The van der Waals surface area contributed by atoms with Gasteiger partial charge in [0.05, 0.1) is 34.1 Å². The fourth-order valence-electron chi connectivity index (χ4n) is 3.97. The summed E-state index contributed by atoms with van der Waals surface area (Å²) < 4.78 is 53.0. The van der Waals surface area contributed by atoms with Crippen LogP contribution >= 0.6 is 0 Å². The Hall–Kier alpha value is -4.28. The number of fused-ring (bicyclic) bond motifs is 2. The minimum absolute atomic E-state index is 0.0433. The first-order chi connectivity index (χ1) is 17.2. The van der Waals surface area contributed by atoms with Gasteiger partial charge in [0, 0.05) is 11.6 Å². The van der Waals surface area contributed by atoms with Gasteiger partial charge < -0.3 is 9.47 Å². The van der Waals surface area contributed by atoms with Crippen LogP contribution in [0.25, 0.3) is 22.3 Å². The van der Waals surface area contributed by atoms with Crippen molar-refractivity contribution >= 4 is 22.6 Å². The van der Waals surface area contributed by atoms with Gasteiger partial charge in [-0.3, -0.25) is 15.6 Å². The number of amides is 1. The van der Waals surface area contributed by atoms with Gasteiger partial charge in [-0.05, 0) is 50.2 Å². The molecule has 1 amide bonds. The first-order valence-corrected chi connectivity index (χ1v) is 11.2. The molecule has 3 heterocycles. The number of anilines is 1. The summed E-state index contributed by atoms with van der Waals surface area (Å²) in [5.41, 5.74) is 5.46. The Bertz CT molecular complexity index is 1450. The van der Waals surface area contributed by atoms with Crippen LogP contribution in [-0.4, -0.2) is 33.9 Å². The van der Waals surface area contributed by atoms with E-state index in [-0.39, 0.29) is 17.3 Å². The SMILES string of the molecule is CC(C)n1ncc2c(C(=O)NNc3ccccc3C(F)(F)F)cc(-c3ccc4c(c3)OCCO4)nc21. The molecule has 0 saturated heterocycles. The van der Waals surface area contributed by atoms with Gasteiger partial charge in [-0.1, -0.05) is 12.1 Å². The van der Waals surface area contributed by atoms with E-state index in [9.17, 15) is 18.0 Å². The molecule has 5 rings (SSSR count). The Labute approximate surface area is 204 Å². The number of carbonyl (C=O) groups is 1. The van der Waals surface area contributed by atoms with Gasteiger partial charge in [0.25, 0.3) is 5.91 Å². The Kier molecular flexibility index (Phi) is 5.91. The van der Waals surface area contributed by atoms with E-state index in [1.54, 1.807) is 28.9 Å². The maximum atomic E-state index is 13.4. The fourth-order valence-corrected chi connectivity index (χ4v) is 3.97. The maximum absolute atomic E-state index is 13.4. The van der Waals surface area contributed by atoms with E-state index in [2.05, 4.69) is 16.0 Å². The molecule has 11 heteroatoms. The molecule has 0 fully saturated rings. The number of hydrogen-bond acceptors (Lipinski definition) is 6. The largest absolute Gasteiger partial charge is 0.486 e. The summed E-state index contributed by atoms with van der Waals surface area (Å²) in [5, 5.41) is 4.83. The number of alkyl halides is 3. The van der Waals surface area contributed by atoms with Crippen LogP contribution in [0, 0.1) is 0 Å². The molecule has 0 unspecified atom stereocenters. The summed E-state index contributed by atoms with van der Waals surface area (Å²) in [6, 6.07) is 11.8. The molecule has 4 aromatic rings. The number of hydrazine groups is 1. The number of rotatable bonds is 5. The Balaban J connectivity index is 1.54. The first kappa shape index (κ1) is 23.5. The highest BCUT2D eigenvalue weighted by molar-refractivity contribution is 6.07. The molecule has 0 aliphatic carbocycles. The third-order valence-corrected chi connectivity index (χ3v) is 5.68. The zero-order chi connectivity index (χ0) is 25.4. The third kappa shape index (κ3) is 4.39. The number of halogens is 3. The van der Waals surface area contributed by atoms with Crippen LogP contribution in [0.3, 0.4) is 0 Å². The second-order valence-corrected chi connectivity index (χ2v) is 8.46. The number of para-hydroxylation sites is 1. The van der Waals surface area contributed by atoms with Gasteiger partial charge >= 0.3 is 6.18 Å². The molecule has 186 valence electrons. The van der Waals surface area contributed by atoms with Crippen LogP contribution in [0.4, 0.5) is 18.9 Å². The number of aromatic nitrogens is 3. The topological polar surface area (TPSA) is 90.3 Å². The Morgan fingerprint density at radius 2 is 1.81 bits per heavy atom. The fraction of sp³-hybridized carbons (Fsp3) is 0.240. The van der Waals surface area contributed by atoms with Crippen LogP contribution in [0.2, 0.25) is 0 Å². The monoisotopic (exact) mass is 497 g/mol. The van der Waals surface area contributed by atoms with E-state index in [0.29, 0.717) is 47.0 Å². The second-order valence-electron chi connectivity index (χ2n) is 8.46. The van der Waals surface area contributed by atoms with Gasteiger partial charge in [-0.15, -0.1) is 0 Å². The van der Waals surface area contributed by atoms with Gasteiger partial charge in [-0.25, -0.2) is 9.67 Å². The Morgan fingerprint density at radius 3 is 2.56 bits per heavy atom. The highest BCUT2D eigenvalue weighted by atomic mass is 19.4. The molecule has 2 aromatic heterocycles. The normalized spacial score (nSPS) is 13.2. The number of ether oxygens (including phenoxy) is 2. The minimum atomic E-state index is -4.58. The van der Waals surface area contributed by atoms with Crippen molar-refractivity contribution < 1.29 is 27.4 Å². The average molecular weight is 497 g/mol. The predicted molar refractivity (Wildman–Crippen MR) is 127 cm³/mol. The van der Waals surface area contributed by atoms with Crippen molar-refractivity contribution in [2.45, 2.75) is 26.1 Å². The third-order valence-electron chi connectivity index (χ3n) is 5.68. The zero-order valence-electron chi connectivity index (χ0n) is 19.4. The molecule has 0 spiro atoms. The van der Waals surface area contributed by atoms with Gasteiger partial charge in [-0.2, -0.15) is 18.3 Å². The lowest BCUT2D eigenvalue weighted by molar-refractivity contribution is -0.137. The number of carbonyl (C=O) groups excluding carboxylic acids is 1. The molecule has 2 aromatic carbocycles. The van der Waals surface area contributed by atoms with Gasteiger partial charge in [0.15, 0.2) is 17.1 Å². The van der Waals surface area contributed by atoms with Gasteiger partial charge in [0.1, 0.15) is 13.2 Å². The number of nitrogens with zero attached hydrogens (tertiary/aromatic N) is 3. The molecule has 1 aliphatic rings. The van der Waals surface area contributed by atoms with Crippen LogP contribution in [0.5, 0.6) is 11.5 Å². The van der Waals surface area contributed by atoms with Crippen LogP contribution < -0.4 is 20.3 Å². The van der Waals surface area contributed by atoms with E-state index >= 15 is 0 Å². The molecule has 0 atom stereocenters. The smallest absolute Gasteiger partial charge is 0.418 e. The predicted octanol–water partition coefficient (Wildman–Crippen LogP) is 5.23. The number of nitrogens with one attached hydrogen (secondary N) is 2. The Morgan fingerprint density at radius 1 is 1.06 bits per heavy atom. The van der Waals surface area contributed by atoms with E-state index in [1.165, 1.54) is 24.4 Å². The van der Waals surface area contributed by atoms with Crippen molar-refractivity contribution in [1.82, 2.24) is 20.2 Å². The summed E-state index contributed by atoms with van der Waals surface area (Å²) >= 11 is 0. The highest BCUT2D eigenvalue weighted by Gasteiger charge is 2.33. The number of hydrogen-bond donors (Lipinski definition) is 2. The highest BCUT2D eigenvalue weighted by Crippen LogP contribution is 2.36. The van der Waals surface area contributed by atoms with Crippen molar-refractivity contribution in [3.8, 4) is 22.8 Å². The molecular weight excluding hydrogens is 475 g/mol. The molecular formula is C25H22F3N5O3. The quantitative estimate of drug-likeness (QED) is 0.367. The minimum Gasteiger partial charge on any atom is -0.486 e. The summed E-state index contributed by atoms with van der Waals surface area (Å²) in [6.45, 7) is 4.74. The standard InChI is InChI=1S/C25H22F3N5O3/c1-14(2)33-23-17(13-29-33)16(24(34)32-31-19-6-4-3-5-18(19)25(26,27)28)12-20(30-23)15-7-8-21-22(11-15)36-10-9-35-21/h3-8,11-14,31H,9-10H2,1-2H3,(H,32,34). The lowest BCUT2D eigenvalue weighted by Gasteiger charge is -2.19. The number of pyridine rings is 1. The van der Waals surface area contributed by atoms with Crippen molar-refractivity contribution in [1.29, 1.82) is 0 Å².